The van der Waals surface area contributed by atoms with Crippen molar-refractivity contribution in [1.82, 2.24) is 15.2 Å². The summed E-state index contributed by atoms with van der Waals surface area (Å²) in [6.07, 6.45) is 0. The number of carbonyl (C=O) groups excluding carboxylic acids is 2. The minimum absolute atomic E-state index is 0.00613. The van der Waals surface area contributed by atoms with Gasteiger partial charge in [-0.3, -0.25) is 14.5 Å². The molecule has 10 nitrogen and oxygen atoms in total. The van der Waals surface area contributed by atoms with Crippen LogP contribution >= 0.6 is 45.7 Å². The molecule has 4 aromatic rings. The second kappa shape index (κ2) is 13.6. The third kappa shape index (κ3) is 5.78. The largest absolute Gasteiger partial charge is 0.477 e. The number of benzene rings is 3. The number of nitrogens with one attached hydrogen (secondary N) is 2. The van der Waals surface area contributed by atoms with Gasteiger partial charge in [-0.2, -0.15) is 0 Å². The fraction of sp³-hybridized carbons (Fsp3) is 0.182. The molecule has 0 radical (unpaired) electrons. The molecule has 0 bridgehead atoms. The third-order valence-electron chi connectivity index (χ3n) is 7.76. The summed E-state index contributed by atoms with van der Waals surface area (Å²) in [5.41, 5.74) is 2.97. The second-order valence-electron chi connectivity index (χ2n) is 10.4. The summed E-state index contributed by atoms with van der Waals surface area (Å²) in [4.78, 5) is 49.6. The van der Waals surface area contributed by atoms with Crippen molar-refractivity contribution in [3.63, 3.8) is 0 Å². The number of β-lactam (4-membered cyclic amide) rings is 1. The quantitative estimate of drug-likeness (QED) is 0.0482. The van der Waals surface area contributed by atoms with Crippen LogP contribution in [0.3, 0.4) is 0 Å². The SMILES string of the molecule is CON=C(C(=O)N[C@@H]1C(=O)N2C(C(=O)O)=C(CI)CS[C@@H]12)c1csc(NC(c2ccccc2)(c2ccccc2)c2ccccc2)n1. The molecule has 3 heterocycles. The number of rotatable bonds is 11. The van der Waals surface area contributed by atoms with Crippen LogP contribution in [0.2, 0.25) is 0 Å². The lowest BCUT2D eigenvalue weighted by molar-refractivity contribution is -0.150. The Kier molecular flexibility index (Phi) is 9.42. The molecule has 2 aliphatic heterocycles. The molecule has 234 valence electrons. The fourth-order valence-electron chi connectivity index (χ4n) is 5.67. The Morgan fingerprint density at radius 1 is 1.02 bits per heavy atom. The first-order valence-electron chi connectivity index (χ1n) is 14.2. The minimum atomic E-state index is -1.16. The maximum Gasteiger partial charge on any atom is 0.352 e. The van der Waals surface area contributed by atoms with Crippen LogP contribution in [0, 0.1) is 0 Å². The van der Waals surface area contributed by atoms with Gasteiger partial charge in [0.05, 0.1) is 0 Å². The maximum absolute atomic E-state index is 13.6. The predicted octanol–water partition coefficient (Wildman–Crippen LogP) is 5.07. The van der Waals surface area contributed by atoms with Gasteiger partial charge >= 0.3 is 5.97 Å². The lowest BCUT2D eigenvalue weighted by Gasteiger charge is -2.49. The summed E-state index contributed by atoms with van der Waals surface area (Å²) in [6.45, 7) is 0. The van der Waals surface area contributed by atoms with Gasteiger partial charge in [-0.1, -0.05) is 119 Å². The van der Waals surface area contributed by atoms with Gasteiger partial charge in [0.1, 0.15) is 35.5 Å². The molecule has 1 fully saturated rings. The first-order valence-corrected chi connectivity index (χ1v) is 17.6. The molecule has 0 unspecified atom stereocenters. The molecule has 1 aromatic heterocycles. The average Bonchev–Trinajstić information content (AvgIpc) is 3.56. The first-order chi connectivity index (χ1) is 22.4. The highest BCUT2D eigenvalue weighted by Gasteiger charge is 2.54. The summed E-state index contributed by atoms with van der Waals surface area (Å²) in [5.74, 6) is -1.84. The molecule has 0 spiro atoms. The van der Waals surface area contributed by atoms with E-state index in [2.05, 4.69) is 74.8 Å². The maximum atomic E-state index is 13.6. The molecule has 3 N–H and O–H groups in total. The van der Waals surface area contributed by atoms with E-state index in [0.29, 0.717) is 20.9 Å². The molecule has 46 heavy (non-hydrogen) atoms. The van der Waals surface area contributed by atoms with Gasteiger partial charge < -0.3 is 20.6 Å². The van der Waals surface area contributed by atoms with Gasteiger partial charge in [-0.15, -0.1) is 23.1 Å². The van der Waals surface area contributed by atoms with Crippen molar-refractivity contribution in [1.29, 1.82) is 0 Å². The van der Waals surface area contributed by atoms with E-state index in [9.17, 15) is 19.5 Å². The molecule has 2 atom stereocenters. The number of halogens is 1. The first kappa shape index (κ1) is 31.8. The van der Waals surface area contributed by atoms with Crippen LogP contribution in [-0.2, 0) is 24.8 Å². The number of hydrogen-bond acceptors (Lipinski definition) is 9. The van der Waals surface area contributed by atoms with Crippen LogP contribution in [0.25, 0.3) is 0 Å². The number of anilines is 1. The fourth-order valence-corrected chi connectivity index (χ4v) is 8.77. The molecule has 2 amide bonds. The number of thiazole rings is 1. The molecule has 0 saturated carbocycles. The van der Waals surface area contributed by atoms with E-state index in [4.69, 9.17) is 9.82 Å². The Balaban J connectivity index is 1.30. The summed E-state index contributed by atoms with van der Waals surface area (Å²) < 4.78 is 0.491. The number of oxime groups is 1. The van der Waals surface area contributed by atoms with Gasteiger partial charge in [0, 0.05) is 15.6 Å². The molecule has 13 heteroatoms. The number of carboxylic acids is 1. The topological polar surface area (TPSA) is 133 Å². The number of hydrogen-bond donors (Lipinski definition) is 3. The summed E-state index contributed by atoms with van der Waals surface area (Å²) >= 11 is 4.81. The Labute approximate surface area is 287 Å². The zero-order valence-electron chi connectivity index (χ0n) is 24.4. The van der Waals surface area contributed by atoms with E-state index in [0.717, 1.165) is 16.7 Å². The minimum Gasteiger partial charge on any atom is -0.477 e. The Hall–Kier alpha value is -4.21. The predicted molar refractivity (Wildman–Crippen MR) is 187 cm³/mol. The summed E-state index contributed by atoms with van der Waals surface area (Å²) in [7, 11) is 1.33. The van der Waals surface area contributed by atoms with Crippen molar-refractivity contribution in [2.45, 2.75) is 17.0 Å². The van der Waals surface area contributed by atoms with Crippen molar-refractivity contribution >= 4 is 74.3 Å². The molecule has 2 aliphatic rings. The van der Waals surface area contributed by atoms with Gasteiger partial charge in [0.25, 0.3) is 11.8 Å². The van der Waals surface area contributed by atoms with Crippen LogP contribution in [0.15, 0.2) is 113 Å². The third-order valence-corrected chi connectivity index (χ3v) is 10.8. The van der Waals surface area contributed by atoms with E-state index >= 15 is 0 Å². The van der Waals surface area contributed by atoms with Crippen molar-refractivity contribution in [2.24, 2.45) is 5.16 Å². The van der Waals surface area contributed by atoms with Gasteiger partial charge in [-0.25, -0.2) is 9.78 Å². The van der Waals surface area contributed by atoms with Crippen molar-refractivity contribution in [2.75, 3.05) is 22.6 Å². The second-order valence-corrected chi connectivity index (χ2v) is 13.1. The van der Waals surface area contributed by atoms with Crippen molar-refractivity contribution in [3.05, 3.63) is 130 Å². The number of aromatic nitrogens is 1. The average molecular weight is 766 g/mol. The molecule has 0 aliphatic carbocycles. The Morgan fingerprint density at radius 2 is 1.59 bits per heavy atom. The smallest absolute Gasteiger partial charge is 0.352 e. The van der Waals surface area contributed by atoms with E-state index in [1.807, 2.05) is 54.6 Å². The van der Waals surface area contributed by atoms with Crippen LogP contribution in [0.5, 0.6) is 0 Å². The molecular weight excluding hydrogens is 737 g/mol. The number of amides is 2. The highest BCUT2D eigenvalue weighted by Crippen LogP contribution is 2.42. The van der Waals surface area contributed by atoms with Gasteiger partial charge in [0.15, 0.2) is 10.8 Å². The van der Waals surface area contributed by atoms with E-state index in [1.165, 1.54) is 35.1 Å². The lowest BCUT2D eigenvalue weighted by atomic mass is 9.77. The number of alkyl halides is 1. The van der Waals surface area contributed by atoms with Crippen molar-refractivity contribution in [3.8, 4) is 0 Å². The molecular formula is C33H28IN5O5S2. The monoisotopic (exact) mass is 765 g/mol. The summed E-state index contributed by atoms with van der Waals surface area (Å²) in [5, 5.41) is 21.8. The van der Waals surface area contributed by atoms with Crippen LogP contribution in [-0.4, -0.2) is 67.2 Å². The number of aliphatic carboxylic acids is 1. The zero-order chi connectivity index (χ0) is 32.3. The Morgan fingerprint density at radius 3 is 2.09 bits per heavy atom. The number of thioether (sulfide) groups is 1. The molecule has 3 aromatic carbocycles. The van der Waals surface area contributed by atoms with Gasteiger partial charge in [-0.05, 0) is 22.3 Å². The zero-order valence-corrected chi connectivity index (χ0v) is 28.2. The number of nitrogens with zero attached hydrogens (tertiary/aromatic N) is 3. The summed E-state index contributed by atoms with van der Waals surface area (Å²) in [6, 6.07) is 29.3. The highest BCUT2D eigenvalue weighted by molar-refractivity contribution is 14.1. The van der Waals surface area contributed by atoms with Crippen molar-refractivity contribution < 1.29 is 24.3 Å². The van der Waals surface area contributed by atoms with Gasteiger partial charge in [0.2, 0.25) is 0 Å². The van der Waals surface area contributed by atoms with E-state index in [1.54, 1.807) is 5.38 Å². The standard InChI is InChI=1S/C33H28IN5O5S2/c1-44-38-25(28(40)36-26-29(41)39-27(31(42)43)20(17-34)18-45-30(26)39)24-19-46-32(35-24)37-33(21-11-5-2-6-12-21,22-13-7-3-8-14-22)23-15-9-4-10-16-23/h2-16,19,26,30H,17-18H2,1H3,(H,35,37)(H,36,40)(H,42,43)/t26-,30+/m1/s1. The number of carboxylic acid groups (broad SMARTS) is 1. The highest BCUT2D eigenvalue weighted by atomic mass is 127. The van der Waals surface area contributed by atoms with Crippen LogP contribution < -0.4 is 10.6 Å². The number of carbonyl (C=O) groups is 3. The Bertz CT molecular complexity index is 1720. The van der Waals surface area contributed by atoms with Crippen LogP contribution in [0.1, 0.15) is 22.4 Å². The molecule has 6 rings (SSSR count). The lowest BCUT2D eigenvalue weighted by Crippen LogP contribution is -2.71. The van der Waals surface area contributed by atoms with Crippen LogP contribution in [0.4, 0.5) is 5.13 Å². The normalized spacial score (nSPS) is 18.0. The number of fused-ring (bicyclic) bond motifs is 1. The molecule has 1 saturated heterocycles. The van der Waals surface area contributed by atoms with E-state index < -0.39 is 34.7 Å². The van der Waals surface area contributed by atoms with E-state index in [-0.39, 0.29) is 17.1 Å².